The summed E-state index contributed by atoms with van der Waals surface area (Å²) in [6, 6.07) is 11.5. The molecule has 3 rings (SSSR count). The van der Waals surface area contributed by atoms with Crippen molar-refractivity contribution in [2.45, 2.75) is 32.7 Å². The molecule has 0 fully saturated rings. The van der Waals surface area contributed by atoms with Crippen LogP contribution in [-0.4, -0.2) is 35.9 Å². The van der Waals surface area contributed by atoms with Crippen LogP contribution in [0.2, 0.25) is 0 Å². The summed E-state index contributed by atoms with van der Waals surface area (Å²) >= 11 is 0. The molecule has 0 radical (unpaired) electrons. The van der Waals surface area contributed by atoms with Crippen LogP contribution >= 0.6 is 0 Å². The number of ether oxygens (including phenoxy) is 1. The first-order valence-electron chi connectivity index (χ1n) is 9.03. The van der Waals surface area contributed by atoms with Crippen molar-refractivity contribution >= 4 is 11.0 Å². The van der Waals surface area contributed by atoms with Crippen LogP contribution in [0.1, 0.15) is 36.6 Å². The van der Waals surface area contributed by atoms with Crippen molar-refractivity contribution in [3.63, 3.8) is 0 Å². The van der Waals surface area contributed by atoms with Crippen LogP contribution in [0.3, 0.4) is 0 Å². The largest absolute Gasteiger partial charge is 0.507 e. The second-order valence-corrected chi connectivity index (χ2v) is 6.65. The Labute approximate surface area is 154 Å². The van der Waals surface area contributed by atoms with E-state index in [9.17, 15) is 5.11 Å². The molecule has 0 atom stereocenters. The summed E-state index contributed by atoms with van der Waals surface area (Å²) in [5.74, 6) is 1.09. The highest BCUT2D eigenvalue weighted by atomic mass is 16.5. The first-order valence-corrected chi connectivity index (χ1v) is 9.03. The molecule has 0 saturated heterocycles. The molecule has 138 valence electrons. The number of phenols is 1. The third-order valence-corrected chi connectivity index (χ3v) is 4.67. The highest BCUT2D eigenvalue weighted by Crippen LogP contribution is 2.32. The van der Waals surface area contributed by atoms with Crippen LogP contribution in [0.4, 0.5) is 0 Å². The predicted octanol–water partition coefficient (Wildman–Crippen LogP) is 4.36. The van der Waals surface area contributed by atoms with E-state index >= 15 is 0 Å². The van der Waals surface area contributed by atoms with Crippen LogP contribution in [-0.2, 0) is 13.0 Å². The maximum Gasteiger partial charge on any atom is 0.175 e. The highest BCUT2D eigenvalue weighted by Gasteiger charge is 2.18. The number of hydrogen-bond acceptors (Lipinski definition) is 5. The molecule has 0 bridgehead atoms. The van der Waals surface area contributed by atoms with Gasteiger partial charge in [-0.25, -0.2) is 0 Å². The summed E-state index contributed by atoms with van der Waals surface area (Å²) in [6.07, 6.45) is 2.89. The maximum atomic E-state index is 10.3. The van der Waals surface area contributed by atoms with Gasteiger partial charge < -0.3 is 19.3 Å². The molecule has 0 aliphatic carbocycles. The average molecular weight is 354 g/mol. The van der Waals surface area contributed by atoms with Gasteiger partial charge in [-0.3, -0.25) is 0 Å². The zero-order valence-electron chi connectivity index (χ0n) is 15.7. The summed E-state index contributed by atoms with van der Waals surface area (Å²) in [5.41, 5.74) is 3.36. The van der Waals surface area contributed by atoms with Gasteiger partial charge in [0, 0.05) is 23.9 Å². The summed E-state index contributed by atoms with van der Waals surface area (Å²) in [4.78, 5) is 2.19. The third-order valence-electron chi connectivity index (χ3n) is 4.67. The van der Waals surface area contributed by atoms with Gasteiger partial charge in [0.15, 0.2) is 5.58 Å². The number of para-hydroxylation sites is 1. The predicted molar refractivity (Wildman–Crippen MR) is 103 cm³/mol. The minimum Gasteiger partial charge on any atom is -0.507 e. The van der Waals surface area contributed by atoms with Gasteiger partial charge in [-0.15, -0.1) is 0 Å². The van der Waals surface area contributed by atoms with E-state index in [1.165, 1.54) is 0 Å². The van der Waals surface area contributed by atoms with Gasteiger partial charge in [0.2, 0.25) is 0 Å². The van der Waals surface area contributed by atoms with Gasteiger partial charge in [-0.05, 0) is 38.2 Å². The molecule has 0 unspecified atom stereocenters. The molecule has 0 aliphatic rings. The molecule has 0 spiro atoms. The van der Waals surface area contributed by atoms with E-state index in [4.69, 9.17) is 9.26 Å². The number of methoxy groups -OCH3 is 1. The molecule has 2 aromatic carbocycles. The third kappa shape index (κ3) is 3.83. The molecule has 0 aliphatic heterocycles. The molecular formula is C21H26N2O3. The molecule has 0 saturated carbocycles. The number of unbranched alkanes of at least 4 members (excludes halogenated alkanes) is 1. The van der Waals surface area contributed by atoms with Gasteiger partial charge in [0.25, 0.3) is 0 Å². The van der Waals surface area contributed by atoms with Gasteiger partial charge in [0.1, 0.15) is 11.5 Å². The van der Waals surface area contributed by atoms with Crippen LogP contribution in [0.25, 0.3) is 11.0 Å². The van der Waals surface area contributed by atoms with E-state index in [0.717, 1.165) is 47.3 Å². The molecule has 5 heteroatoms. The fourth-order valence-electron chi connectivity index (χ4n) is 3.19. The smallest absolute Gasteiger partial charge is 0.175 e. The lowest BCUT2D eigenvalue weighted by molar-refractivity contribution is 0.312. The lowest BCUT2D eigenvalue weighted by Crippen LogP contribution is -2.19. The van der Waals surface area contributed by atoms with Gasteiger partial charge in [-0.2, -0.15) is 0 Å². The average Bonchev–Trinajstić information content (AvgIpc) is 3.06. The quantitative estimate of drug-likeness (QED) is 0.651. The topological polar surface area (TPSA) is 58.7 Å². The number of hydrogen-bond donors (Lipinski definition) is 1. The Kier molecular flexibility index (Phi) is 5.78. The van der Waals surface area contributed by atoms with Crippen LogP contribution in [0.15, 0.2) is 40.9 Å². The van der Waals surface area contributed by atoms with Crippen molar-refractivity contribution in [3.8, 4) is 11.5 Å². The number of rotatable bonds is 8. The van der Waals surface area contributed by atoms with Crippen LogP contribution < -0.4 is 4.74 Å². The Hall–Kier alpha value is -2.53. The van der Waals surface area contributed by atoms with Crippen molar-refractivity contribution in [3.05, 3.63) is 53.2 Å². The zero-order valence-corrected chi connectivity index (χ0v) is 15.7. The van der Waals surface area contributed by atoms with Crippen molar-refractivity contribution in [1.82, 2.24) is 10.1 Å². The number of nitrogens with zero attached hydrogens (tertiary/aromatic N) is 2. The minimum atomic E-state index is 0.251. The first kappa shape index (κ1) is 18.3. The minimum absolute atomic E-state index is 0.251. The molecule has 1 N–H and O–H groups in total. The normalized spacial score (nSPS) is 11.4. The van der Waals surface area contributed by atoms with E-state index < -0.39 is 0 Å². The monoisotopic (exact) mass is 354 g/mol. The Balaban J connectivity index is 1.91. The molecule has 3 aromatic rings. The highest BCUT2D eigenvalue weighted by molar-refractivity contribution is 5.84. The van der Waals surface area contributed by atoms with Crippen molar-refractivity contribution in [2.75, 3.05) is 20.7 Å². The standard InChI is InChI=1S/C21H26N2O3/c1-4-5-12-23(2)14-17-19(24)11-10-16-18(22-26-21(16)17)13-15-8-6-7-9-20(15)25-3/h6-11,24H,4-5,12-14H2,1-3H3. The molecule has 1 aromatic heterocycles. The number of aromatic hydroxyl groups is 1. The number of phenolic OH excluding ortho intramolecular Hbond substituents is 1. The fourth-order valence-corrected chi connectivity index (χ4v) is 3.19. The summed E-state index contributed by atoms with van der Waals surface area (Å²) in [7, 11) is 3.72. The van der Waals surface area contributed by atoms with Gasteiger partial charge >= 0.3 is 0 Å². The van der Waals surface area contributed by atoms with Crippen LogP contribution in [0, 0.1) is 0 Å². The maximum absolute atomic E-state index is 10.3. The van der Waals surface area contributed by atoms with Gasteiger partial charge in [-0.1, -0.05) is 36.7 Å². The SMILES string of the molecule is CCCCN(C)Cc1c(O)ccc2c(Cc3ccccc3OC)noc12. The number of aromatic nitrogens is 1. The lowest BCUT2D eigenvalue weighted by atomic mass is 10.0. The van der Waals surface area contributed by atoms with E-state index in [0.29, 0.717) is 18.5 Å². The molecule has 5 nitrogen and oxygen atoms in total. The second-order valence-electron chi connectivity index (χ2n) is 6.65. The lowest BCUT2D eigenvalue weighted by Gasteiger charge is -2.16. The van der Waals surface area contributed by atoms with Crippen molar-refractivity contribution in [2.24, 2.45) is 0 Å². The van der Waals surface area contributed by atoms with E-state index in [-0.39, 0.29) is 5.75 Å². The summed E-state index contributed by atoms with van der Waals surface area (Å²) in [5, 5.41) is 15.5. The molecule has 26 heavy (non-hydrogen) atoms. The molecule has 0 amide bonds. The van der Waals surface area contributed by atoms with E-state index in [2.05, 4.69) is 24.0 Å². The van der Waals surface area contributed by atoms with E-state index in [1.807, 2.05) is 30.3 Å². The molecule has 1 heterocycles. The Morgan fingerprint density at radius 2 is 2.00 bits per heavy atom. The second kappa shape index (κ2) is 8.23. The number of fused-ring (bicyclic) bond motifs is 1. The Morgan fingerprint density at radius 1 is 1.19 bits per heavy atom. The van der Waals surface area contributed by atoms with Crippen LogP contribution in [0.5, 0.6) is 11.5 Å². The van der Waals surface area contributed by atoms with Gasteiger partial charge in [0.05, 0.1) is 18.4 Å². The fraction of sp³-hybridized carbons (Fsp3) is 0.381. The Morgan fingerprint density at radius 3 is 2.77 bits per heavy atom. The summed E-state index contributed by atoms with van der Waals surface area (Å²) < 4.78 is 11.1. The molecular weight excluding hydrogens is 328 g/mol. The zero-order chi connectivity index (χ0) is 18.5. The number of benzene rings is 2. The van der Waals surface area contributed by atoms with Crippen molar-refractivity contribution < 1.29 is 14.4 Å². The summed E-state index contributed by atoms with van der Waals surface area (Å²) in [6.45, 7) is 3.79. The first-order chi connectivity index (χ1) is 12.6. The van der Waals surface area contributed by atoms with E-state index in [1.54, 1.807) is 13.2 Å². The Bertz CT molecular complexity index is 873. The van der Waals surface area contributed by atoms with Crippen molar-refractivity contribution in [1.29, 1.82) is 0 Å².